The van der Waals surface area contributed by atoms with Crippen LogP contribution in [0.2, 0.25) is 0 Å². The summed E-state index contributed by atoms with van der Waals surface area (Å²) >= 11 is 0. The highest BCUT2D eigenvalue weighted by atomic mass is 15.2. The van der Waals surface area contributed by atoms with Crippen molar-refractivity contribution in [2.45, 2.75) is 20.8 Å². The molecular weight excluding hydrogens is 202 g/mol. The minimum absolute atomic E-state index is 0.512. The Hall–Kier alpha value is -1.36. The molecule has 0 aliphatic carbocycles. The molecule has 0 atom stereocenters. The molecule has 1 aromatic heterocycles. The van der Waals surface area contributed by atoms with Crippen molar-refractivity contribution in [1.29, 1.82) is 0 Å². The van der Waals surface area contributed by atoms with E-state index in [0.717, 1.165) is 31.9 Å². The molecule has 0 aliphatic rings. The second kappa shape index (κ2) is 6.27. The topological polar surface area (TPSA) is 67.1 Å². The lowest BCUT2D eigenvalue weighted by Gasteiger charge is -2.17. The predicted molar refractivity (Wildman–Crippen MR) is 67.5 cm³/mol. The van der Waals surface area contributed by atoms with Gasteiger partial charge in [0, 0.05) is 24.8 Å². The Morgan fingerprint density at radius 3 is 2.56 bits per heavy atom. The maximum Gasteiger partial charge on any atom is 0.224 e. The molecule has 16 heavy (non-hydrogen) atoms. The molecule has 0 unspecified atom stereocenters. The lowest BCUT2D eigenvalue weighted by Crippen LogP contribution is -2.29. The number of nitrogens with one attached hydrogen (secondary N) is 1. The summed E-state index contributed by atoms with van der Waals surface area (Å²) in [4.78, 5) is 10.7. The molecule has 0 spiro atoms. The average molecular weight is 223 g/mol. The molecule has 1 rings (SSSR count). The van der Waals surface area contributed by atoms with Crippen molar-refractivity contribution in [3.05, 3.63) is 11.8 Å². The smallest absolute Gasteiger partial charge is 0.224 e. The maximum atomic E-state index is 5.64. The average Bonchev–Trinajstić information content (AvgIpc) is 2.23. The molecule has 0 bridgehead atoms. The largest absolute Gasteiger partial charge is 0.384 e. The van der Waals surface area contributed by atoms with Crippen LogP contribution in [0.3, 0.4) is 0 Å². The van der Waals surface area contributed by atoms with Crippen molar-refractivity contribution in [2.75, 3.05) is 37.2 Å². The van der Waals surface area contributed by atoms with E-state index in [1.54, 1.807) is 6.07 Å². The van der Waals surface area contributed by atoms with Gasteiger partial charge >= 0.3 is 0 Å². The number of likely N-dealkylation sites (N-methyl/N-ethyl adjacent to an activating group) is 1. The van der Waals surface area contributed by atoms with Crippen LogP contribution in [0.15, 0.2) is 6.07 Å². The lowest BCUT2D eigenvalue weighted by atomic mass is 10.4. The Morgan fingerprint density at radius 2 is 2.00 bits per heavy atom. The fraction of sp³-hybridized carbons (Fsp3) is 0.636. The van der Waals surface area contributed by atoms with Gasteiger partial charge in [-0.25, -0.2) is 4.98 Å². The SMILES string of the molecule is CCN(CC)CCNc1nc(C)cc(N)n1. The Kier molecular flexibility index (Phi) is 4.98. The van der Waals surface area contributed by atoms with E-state index in [-0.39, 0.29) is 0 Å². The molecule has 0 fully saturated rings. The molecule has 0 amide bonds. The molecule has 0 saturated carbocycles. The Balaban J connectivity index is 2.42. The predicted octanol–water partition coefficient (Wildman–Crippen LogP) is 1.12. The zero-order chi connectivity index (χ0) is 12.0. The number of aryl methyl sites for hydroxylation is 1. The van der Waals surface area contributed by atoms with Crippen LogP contribution in [0.25, 0.3) is 0 Å². The van der Waals surface area contributed by atoms with Crippen LogP contribution in [0, 0.1) is 6.92 Å². The summed E-state index contributed by atoms with van der Waals surface area (Å²) in [5, 5.41) is 3.18. The van der Waals surface area contributed by atoms with E-state index in [4.69, 9.17) is 5.73 Å². The molecule has 5 nitrogen and oxygen atoms in total. The van der Waals surface area contributed by atoms with Gasteiger partial charge in [-0.15, -0.1) is 0 Å². The summed E-state index contributed by atoms with van der Waals surface area (Å²) in [6.07, 6.45) is 0. The Labute approximate surface area is 97.1 Å². The number of nitrogen functional groups attached to an aromatic ring is 1. The number of hydrogen-bond donors (Lipinski definition) is 2. The first-order valence-corrected chi connectivity index (χ1v) is 5.73. The van der Waals surface area contributed by atoms with Crippen LogP contribution in [0.5, 0.6) is 0 Å². The van der Waals surface area contributed by atoms with Crippen molar-refractivity contribution in [2.24, 2.45) is 0 Å². The van der Waals surface area contributed by atoms with Crippen molar-refractivity contribution in [3.8, 4) is 0 Å². The summed E-state index contributed by atoms with van der Waals surface area (Å²) in [5.74, 6) is 1.13. The third-order valence-electron chi connectivity index (χ3n) is 2.48. The van der Waals surface area contributed by atoms with Crippen molar-refractivity contribution in [3.63, 3.8) is 0 Å². The van der Waals surface area contributed by atoms with Crippen LogP contribution in [-0.4, -0.2) is 41.0 Å². The minimum atomic E-state index is 0.512. The number of aromatic nitrogens is 2. The van der Waals surface area contributed by atoms with Gasteiger partial charge in [0.1, 0.15) is 5.82 Å². The van der Waals surface area contributed by atoms with Crippen molar-refractivity contribution in [1.82, 2.24) is 14.9 Å². The van der Waals surface area contributed by atoms with Crippen LogP contribution >= 0.6 is 0 Å². The fourth-order valence-corrected chi connectivity index (χ4v) is 1.54. The molecular formula is C11H21N5. The van der Waals surface area contributed by atoms with E-state index in [9.17, 15) is 0 Å². The standard InChI is InChI=1S/C11H21N5/c1-4-16(5-2)7-6-13-11-14-9(3)8-10(12)15-11/h8H,4-7H2,1-3H3,(H3,12,13,14,15). The van der Waals surface area contributed by atoms with E-state index in [1.165, 1.54) is 0 Å². The van der Waals surface area contributed by atoms with Gasteiger partial charge in [-0.2, -0.15) is 4.98 Å². The first-order valence-electron chi connectivity index (χ1n) is 5.73. The molecule has 0 saturated heterocycles. The van der Waals surface area contributed by atoms with Crippen molar-refractivity contribution >= 4 is 11.8 Å². The van der Waals surface area contributed by atoms with Gasteiger partial charge in [-0.3, -0.25) is 0 Å². The first-order chi connectivity index (χ1) is 7.65. The van der Waals surface area contributed by atoms with E-state index >= 15 is 0 Å². The highest BCUT2D eigenvalue weighted by Crippen LogP contribution is 2.05. The van der Waals surface area contributed by atoms with Gasteiger partial charge in [0.05, 0.1) is 0 Å². The summed E-state index contributed by atoms with van der Waals surface area (Å²) in [5.41, 5.74) is 6.53. The van der Waals surface area contributed by atoms with Crippen LogP contribution in [0.1, 0.15) is 19.5 Å². The monoisotopic (exact) mass is 223 g/mol. The molecule has 0 aliphatic heterocycles. The minimum Gasteiger partial charge on any atom is -0.384 e. The Bertz CT molecular complexity index is 302. The third-order valence-corrected chi connectivity index (χ3v) is 2.48. The zero-order valence-electron chi connectivity index (χ0n) is 10.3. The number of rotatable bonds is 6. The molecule has 3 N–H and O–H groups in total. The van der Waals surface area contributed by atoms with E-state index in [2.05, 4.69) is 34.0 Å². The number of nitrogens with zero attached hydrogens (tertiary/aromatic N) is 3. The van der Waals surface area contributed by atoms with Gasteiger partial charge in [0.2, 0.25) is 5.95 Å². The van der Waals surface area contributed by atoms with Crippen LogP contribution in [-0.2, 0) is 0 Å². The Morgan fingerprint density at radius 1 is 1.31 bits per heavy atom. The van der Waals surface area contributed by atoms with Gasteiger partial charge in [-0.1, -0.05) is 13.8 Å². The summed E-state index contributed by atoms with van der Waals surface area (Å²) in [6, 6.07) is 1.76. The molecule has 90 valence electrons. The molecule has 1 aromatic rings. The van der Waals surface area contributed by atoms with Gasteiger partial charge in [0.25, 0.3) is 0 Å². The van der Waals surface area contributed by atoms with Gasteiger partial charge in [-0.05, 0) is 20.0 Å². The zero-order valence-corrected chi connectivity index (χ0v) is 10.3. The van der Waals surface area contributed by atoms with Crippen molar-refractivity contribution < 1.29 is 0 Å². The number of nitrogens with two attached hydrogens (primary N) is 1. The summed E-state index contributed by atoms with van der Waals surface area (Å²) < 4.78 is 0. The second-order valence-corrected chi connectivity index (χ2v) is 3.71. The lowest BCUT2D eigenvalue weighted by molar-refractivity contribution is 0.316. The van der Waals surface area contributed by atoms with Crippen LogP contribution < -0.4 is 11.1 Å². The molecule has 0 radical (unpaired) electrons. The number of anilines is 2. The fourth-order valence-electron chi connectivity index (χ4n) is 1.54. The van der Waals surface area contributed by atoms with Crippen LogP contribution in [0.4, 0.5) is 11.8 Å². The normalized spacial score (nSPS) is 10.8. The molecule has 5 heteroatoms. The third kappa shape index (κ3) is 4.02. The second-order valence-electron chi connectivity index (χ2n) is 3.71. The highest BCUT2D eigenvalue weighted by molar-refractivity contribution is 5.37. The van der Waals surface area contributed by atoms with E-state index < -0.39 is 0 Å². The number of hydrogen-bond acceptors (Lipinski definition) is 5. The van der Waals surface area contributed by atoms with Gasteiger partial charge < -0.3 is 16.0 Å². The summed E-state index contributed by atoms with van der Waals surface area (Å²) in [6.45, 7) is 10.2. The molecule has 0 aromatic carbocycles. The quantitative estimate of drug-likeness (QED) is 0.756. The van der Waals surface area contributed by atoms with Gasteiger partial charge in [0.15, 0.2) is 0 Å². The summed E-state index contributed by atoms with van der Waals surface area (Å²) in [7, 11) is 0. The van der Waals surface area contributed by atoms with E-state index in [0.29, 0.717) is 11.8 Å². The maximum absolute atomic E-state index is 5.64. The molecule has 1 heterocycles. The van der Waals surface area contributed by atoms with E-state index in [1.807, 2.05) is 6.92 Å². The first kappa shape index (κ1) is 12.7. The highest BCUT2D eigenvalue weighted by Gasteiger charge is 2.01.